The minimum Gasteiger partial charge on any atom is -0.493 e. The van der Waals surface area contributed by atoms with E-state index in [4.69, 9.17) is 32.7 Å². The van der Waals surface area contributed by atoms with Crippen LogP contribution in [-0.4, -0.2) is 18.7 Å². The molecule has 0 saturated heterocycles. The topological polar surface area (TPSA) is 64.6 Å². The van der Waals surface area contributed by atoms with Crippen molar-refractivity contribution < 1.29 is 19.1 Å². The summed E-state index contributed by atoms with van der Waals surface area (Å²) in [7, 11) is 1.59. The van der Waals surface area contributed by atoms with Gasteiger partial charge in [0.2, 0.25) is 0 Å². The molecule has 5 nitrogen and oxygen atoms in total. The number of allylic oxidation sites excluding steroid dienone is 4. The van der Waals surface area contributed by atoms with Crippen molar-refractivity contribution in [2.24, 2.45) is 10.8 Å². The minimum atomic E-state index is -0.425. The highest BCUT2D eigenvalue weighted by Crippen LogP contribution is 2.51. The number of ketones is 2. The summed E-state index contributed by atoms with van der Waals surface area (Å²) in [5.74, 6) is 0.865. The third-order valence-corrected chi connectivity index (χ3v) is 8.36. The first-order chi connectivity index (χ1) is 17.9. The molecular formula is C31H33Cl2NO4. The molecule has 0 saturated carbocycles. The first-order valence-electron chi connectivity index (χ1n) is 12.9. The molecule has 0 unspecified atom stereocenters. The van der Waals surface area contributed by atoms with Gasteiger partial charge in [0, 0.05) is 41.3 Å². The second-order valence-electron chi connectivity index (χ2n) is 12.2. The number of dihydropyridines is 1. The number of hydrogen-bond donors (Lipinski definition) is 1. The standard InChI is InChI=1S/C31H33Cl2NO4/c1-30(2)12-21-28(23(35)14-30)27(29-22(34-21)13-31(3,4)15-24(29)36)18-7-9-25(26(11-18)37-5)38-16-17-6-8-19(32)20(33)10-17/h6-11,27,34H,12-16H2,1-5H3. The van der Waals surface area contributed by atoms with Crippen molar-refractivity contribution in [2.75, 3.05) is 7.11 Å². The second-order valence-corrected chi connectivity index (χ2v) is 13.0. The normalized spacial score (nSPS) is 20.6. The van der Waals surface area contributed by atoms with Crippen LogP contribution in [0.1, 0.15) is 70.4 Å². The Morgan fingerprint density at radius 1 is 0.816 bits per heavy atom. The summed E-state index contributed by atoms with van der Waals surface area (Å²) in [4.78, 5) is 27.1. The van der Waals surface area contributed by atoms with Gasteiger partial charge in [-0.25, -0.2) is 0 Å². The Labute approximate surface area is 234 Å². The summed E-state index contributed by atoms with van der Waals surface area (Å²) in [5, 5.41) is 4.51. The van der Waals surface area contributed by atoms with Crippen LogP contribution in [0.5, 0.6) is 11.5 Å². The molecule has 0 bridgehead atoms. The van der Waals surface area contributed by atoms with Crippen LogP contribution in [0.4, 0.5) is 0 Å². The first kappa shape index (κ1) is 26.8. The van der Waals surface area contributed by atoms with E-state index in [2.05, 4.69) is 33.0 Å². The number of nitrogens with one attached hydrogen (secondary N) is 1. The summed E-state index contributed by atoms with van der Waals surface area (Å²) in [6, 6.07) is 11.1. The molecule has 1 heterocycles. The molecular weight excluding hydrogens is 521 g/mol. The predicted molar refractivity (Wildman–Crippen MR) is 150 cm³/mol. The number of carbonyl (C=O) groups is 2. The fourth-order valence-electron chi connectivity index (χ4n) is 6.00. The molecule has 0 aromatic heterocycles. The van der Waals surface area contributed by atoms with Crippen LogP contribution in [0.3, 0.4) is 0 Å². The molecule has 1 N–H and O–H groups in total. The van der Waals surface area contributed by atoms with Crippen molar-refractivity contribution in [3.8, 4) is 11.5 Å². The van der Waals surface area contributed by atoms with E-state index < -0.39 is 5.92 Å². The number of halogens is 2. The highest BCUT2D eigenvalue weighted by atomic mass is 35.5. The van der Waals surface area contributed by atoms with Crippen LogP contribution in [0.25, 0.3) is 0 Å². The summed E-state index contributed by atoms with van der Waals surface area (Å²) in [6.07, 6.45) is 2.43. The maximum Gasteiger partial charge on any atom is 0.162 e. The van der Waals surface area contributed by atoms with Crippen LogP contribution in [0.2, 0.25) is 10.0 Å². The molecule has 2 aliphatic carbocycles. The van der Waals surface area contributed by atoms with Gasteiger partial charge < -0.3 is 14.8 Å². The van der Waals surface area contributed by atoms with Gasteiger partial charge in [0.1, 0.15) is 6.61 Å². The van der Waals surface area contributed by atoms with Gasteiger partial charge in [0.15, 0.2) is 23.1 Å². The van der Waals surface area contributed by atoms with E-state index in [0.717, 1.165) is 35.4 Å². The summed E-state index contributed by atoms with van der Waals surface area (Å²) < 4.78 is 11.8. The van der Waals surface area contributed by atoms with Crippen molar-refractivity contribution in [3.63, 3.8) is 0 Å². The van der Waals surface area contributed by atoms with Gasteiger partial charge in [-0.05, 0) is 59.1 Å². The van der Waals surface area contributed by atoms with Gasteiger partial charge >= 0.3 is 0 Å². The molecule has 7 heteroatoms. The van der Waals surface area contributed by atoms with Gasteiger partial charge in [-0.1, -0.05) is 63.0 Å². The maximum atomic E-state index is 13.6. The van der Waals surface area contributed by atoms with Crippen molar-refractivity contribution in [3.05, 3.63) is 80.1 Å². The van der Waals surface area contributed by atoms with Crippen LogP contribution in [0, 0.1) is 10.8 Å². The van der Waals surface area contributed by atoms with Crippen molar-refractivity contribution in [1.82, 2.24) is 5.32 Å². The number of ether oxygens (including phenoxy) is 2. The molecule has 1 aliphatic heterocycles. The van der Waals surface area contributed by atoms with Crippen LogP contribution in [0.15, 0.2) is 58.9 Å². The molecule has 2 aromatic rings. The third-order valence-electron chi connectivity index (χ3n) is 7.62. The number of methoxy groups -OCH3 is 1. The van der Waals surface area contributed by atoms with Gasteiger partial charge in [0.05, 0.1) is 17.2 Å². The Bertz CT molecular complexity index is 1350. The van der Waals surface area contributed by atoms with E-state index in [1.807, 2.05) is 24.3 Å². The SMILES string of the molecule is COc1cc(C2C3=C(CC(C)(C)CC3=O)NC3=C2C(=O)CC(C)(C)C3)ccc1OCc1ccc(Cl)c(Cl)c1. The number of carbonyl (C=O) groups excluding carboxylic acids is 2. The second kappa shape index (κ2) is 9.77. The molecule has 0 radical (unpaired) electrons. The van der Waals surface area contributed by atoms with Crippen LogP contribution in [-0.2, 0) is 16.2 Å². The maximum absolute atomic E-state index is 13.6. The van der Waals surface area contributed by atoms with E-state index in [-0.39, 0.29) is 29.0 Å². The molecule has 200 valence electrons. The highest BCUT2D eigenvalue weighted by Gasteiger charge is 2.46. The van der Waals surface area contributed by atoms with Crippen LogP contribution < -0.4 is 14.8 Å². The monoisotopic (exact) mass is 553 g/mol. The fraction of sp³-hybridized carbons (Fsp3) is 0.419. The first-order valence-corrected chi connectivity index (χ1v) is 13.7. The van der Waals surface area contributed by atoms with E-state index in [9.17, 15) is 9.59 Å². The third kappa shape index (κ3) is 5.11. The summed E-state index contributed by atoms with van der Waals surface area (Å²) in [5.41, 5.74) is 4.76. The number of benzene rings is 2. The highest BCUT2D eigenvalue weighted by molar-refractivity contribution is 6.42. The van der Waals surface area contributed by atoms with Crippen LogP contribution >= 0.6 is 23.2 Å². The Hall–Kier alpha value is -2.76. The average Bonchev–Trinajstić information content (AvgIpc) is 2.81. The Morgan fingerprint density at radius 2 is 1.42 bits per heavy atom. The van der Waals surface area contributed by atoms with Gasteiger partial charge in [0.25, 0.3) is 0 Å². The smallest absolute Gasteiger partial charge is 0.162 e. The summed E-state index contributed by atoms with van der Waals surface area (Å²) >= 11 is 12.2. The fourth-order valence-corrected chi connectivity index (χ4v) is 6.32. The largest absolute Gasteiger partial charge is 0.493 e. The van der Waals surface area contributed by atoms with Gasteiger partial charge in [-0.15, -0.1) is 0 Å². The summed E-state index contributed by atoms with van der Waals surface area (Å²) in [6.45, 7) is 8.76. The molecule has 38 heavy (non-hydrogen) atoms. The number of hydrogen-bond acceptors (Lipinski definition) is 5. The quantitative estimate of drug-likeness (QED) is 0.414. The van der Waals surface area contributed by atoms with Gasteiger partial charge in [-0.2, -0.15) is 0 Å². The zero-order valence-electron chi connectivity index (χ0n) is 22.5. The molecule has 0 atom stereocenters. The molecule has 0 fully saturated rings. The van der Waals surface area contributed by atoms with E-state index in [1.165, 1.54) is 0 Å². The van der Waals surface area contributed by atoms with E-state index in [1.54, 1.807) is 19.2 Å². The number of rotatable bonds is 5. The molecule has 0 amide bonds. The lowest BCUT2D eigenvalue weighted by Crippen LogP contribution is -2.42. The average molecular weight is 555 g/mol. The lowest BCUT2D eigenvalue weighted by Gasteiger charge is -2.44. The lowest BCUT2D eigenvalue weighted by atomic mass is 9.64. The molecule has 3 aliphatic rings. The number of Topliss-reactive ketones (excluding diaryl/α,β-unsaturated/α-hetero) is 2. The molecule has 2 aromatic carbocycles. The van der Waals surface area contributed by atoms with E-state index in [0.29, 0.717) is 45.5 Å². The molecule has 0 spiro atoms. The Kier molecular flexibility index (Phi) is 6.90. The van der Waals surface area contributed by atoms with Gasteiger partial charge in [-0.3, -0.25) is 9.59 Å². The zero-order chi connectivity index (χ0) is 27.4. The minimum absolute atomic E-state index is 0.0943. The Morgan fingerprint density at radius 3 is 1.97 bits per heavy atom. The van der Waals surface area contributed by atoms with Crippen molar-refractivity contribution >= 4 is 34.8 Å². The van der Waals surface area contributed by atoms with E-state index >= 15 is 0 Å². The van der Waals surface area contributed by atoms with Crippen molar-refractivity contribution in [2.45, 2.75) is 65.9 Å². The van der Waals surface area contributed by atoms with Crippen molar-refractivity contribution in [1.29, 1.82) is 0 Å². The molecule has 5 rings (SSSR count). The lowest BCUT2D eigenvalue weighted by molar-refractivity contribution is -0.119. The predicted octanol–water partition coefficient (Wildman–Crippen LogP) is 7.55. The zero-order valence-corrected chi connectivity index (χ0v) is 24.0. The Balaban J connectivity index is 1.54.